The number of likely N-dealkylation sites (tertiary alicyclic amines) is 1. The monoisotopic (exact) mass is 387 g/mol. The molecule has 1 saturated heterocycles. The van der Waals surface area contributed by atoms with E-state index in [0.29, 0.717) is 13.0 Å². The molecule has 1 aliphatic heterocycles. The molecule has 4 heterocycles. The standard InChI is InChI=1S/C14H15N9O2.CH2O2/c24-11-6-22(5-9(11)3-10-4-15-1-2-16-10)13(25)12-19-14(21-20-12)23-7-17-18-8-23;2-1-3/h1-2,4,7-9,11,24H,3,5-6H2,(H,19,20,21);1H,(H,2,3)/t9-,11-;/m1./s1. The van der Waals surface area contributed by atoms with E-state index in [1.807, 2.05) is 0 Å². The molecule has 3 aromatic rings. The molecule has 0 saturated carbocycles. The number of nitrogens with one attached hydrogen (secondary N) is 1. The lowest BCUT2D eigenvalue weighted by atomic mass is 10.0. The second kappa shape index (κ2) is 8.77. The van der Waals surface area contributed by atoms with Crippen molar-refractivity contribution in [3.8, 4) is 5.95 Å². The fourth-order valence-electron chi connectivity index (χ4n) is 2.84. The summed E-state index contributed by atoms with van der Waals surface area (Å²) in [5.41, 5.74) is 0.787. The van der Waals surface area contributed by atoms with Crippen LogP contribution in [-0.2, 0) is 11.2 Å². The van der Waals surface area contributed by atoms with E-state index < -0.39 is 6.10 Å². The van der Waals surface area contributed by atoms with Crippen molar-refractivity contribution in [3.63, 3.8) is 0 Å². The lowest BCUT2D eigenvalue weighted by Crippen LogP contribution is -2.30. The van der Waals surface area contributed by atoms with Crippen molar-refractivity contribution in [1.29, 1.82) is 0 Å². The summed E-state index contributed by atoms with van der Waals surface area (Å²) >= 11 is 0. The molecule has 0 aliphatic carbocycles. The van der Waals surface area contributed by atoms with Gasteiger partial charge in [-0.3, -0.25) is 29.2 Å². The number of β-amino-alcohol motifs (C(OH)–C–C–N with tert-alkyl or cyclic N) is 1. The van der Waals surface area contributed by atoms with Crippen LogP contribution < -0.4 is 0 Å². The second-order valence-corrected chi connectivity index (χ2v) is 5.90. The van der Waals surface area contributed by atoms with Gasteiger partial charge in [-0.15, -0.1) is 15.3 Å². The molecule has 0 bridgehead atoms. The summed E-state index contributed by atoms with van der Waals surface area (Å²) in [7, 11) is 0. The maximum absolute atomic E-state index is 12.6. The van der Waals surface area contributed by atoms with Gasteiger partial charge in [-0.1, -0.05) is 0 Å². The highest BCUT2D eigenvalue weighted by atomic mass is 16.3. The van der Waals surface area contributed by atoms with Crippen LogP contribution in [0, 0.1) is 5.92 Å². The smallest absolute Gasteiger partial charge is 0.291 e. The number of carbonyl (C=O) groups is 2. The first kappa shape index (κ1) is 19.0. The van der Waals surface area contributed by atoms with E-state index in [-0.39, 0.29) is 36.6 Å². The number of aromatic amines is 1. The molecule has 4 rings (SSSR count). The number of rotatable bonds is 4. The predicted octanol–water partition coefficient (Wildman–Crippen LogP) is -1.45. The van der Waals surface area contributed by atoms with Gasteiger partial charge in [-0.2, -0.15) is 4.98 Å². The summed E-state index contributed by atoms with van der Waals surface area (Å²) in [6.45, 7) is 0.408. The van der Waals surface area contributed by atoms with E-state index in [1.54, 1.807) is 23.5 Å². The van der Waals surface area contributed by atoms with Crippen molar-refractivity contribution >= 4 is 12.4 Å². The summed E-state index contributed by atoms with van der Waals surface area (Å²) in [4.78, 5) is 34.9. The first-order valence-corrected chi connectivity index (χ1v) is 8.19. The average molecular weight is 387 g/mol. The summed E-state index contributed by atoms with van der Waals surface area (Å²) < 4.78 is 1.49. The molecule has 1 fully saturated rings. The molecule has 13 nitrogen and oxygen atoms in total. The Hall–Kier alpha value is -3.74. The third kappa shape index (κ3) is 4.32. The minimum Gasteiger partial charge on any atom is -0.483 e. The Kier molecular flexibility index (Phi) is 5.96. The van der Waals surface area contributed by atoms with Crippen LogP contribution in [0.5, 0.6) is 0 Å². The minimum atomic E-state index is -0.619. The fourth-order valence-corrected chi connectivity index (χ4v) is 2.84. The number of carboxylic acid groups (broad SMARTS) is 1. The first-order valence-electron chi connectivity index (χ1n) is 8.19. The Morgan fingerprint density at radius 3 is 2.71 bits per heavy atom. The number of amides is 1. The van der Waals surface area contributed by atoms with Crippen LogP contribution >= 0.6 is 0 Å². The third-order valence-corrected chi connectivity index (χ3v) is 4.11. The molecule has 28 heavy (non-hydrogen) atoms. The highest BCUT2D eigenvalue weighted by molar-refractivity contribution is 5.90. The van der Waals surface area contributed by atoms with Crippen molar-refractivity contribution in [2.45, 2.75) is 12.5 Å². The molecular weight excluding hydrogens is 370 g/mol. The van der Waals surface area contributed by atoms with E-state index in [1.165, 1.54) is 17.2 Å². The van der Waals surface area contributed by atoms with Crippen molar-refractivity contribution in [1.82, 2.24) is 44.8 Å². The molecule has 13 heteroatoms. The molecule has 3 aromatic heterocycles. The number of hydrogen-bond donors (Lipinski definition) is 3. The largest absolute Gasteiger partial charge is 0.483 e. The molecule has 0 radical (unpaired) electrons. The van der Waals surface area contributed by atoms with Crippen LogP contribution in [0.15, 0.2) is 31.2 Å². The number of hydrogen-bond acceptors (Lipinski definition) is 9. The average Bonchev–Trinajstić information content (AvgIpc) is 3.44. The maximum atomic E-state index is 12.6. The lowest BCUT2D eigenvalue weighted by molar-refractivity contribution is -0.122. The van der Waals surface area contributed by atoms with Gasteiger partial charge >= 0.3 is 0 Å². The molecule has 1 amide bonds. The normalized spacial score (nSPS) is 18.4. The summed E-state index contributed by atoms with van der Waals surface area (Å²) in [5, 5.41) is 31.1. The number of aliphatic hydroxyl groups excluding tert-OH is 1. The lowest BCUT2D eigenvalue weighted by Gasteiger charge is -2.14. The van der Waals surface area contributed by atoms with Crippen molar-refractivity contribution in [2.24, 2.45) is 5.92 Å². The van der Waals surface area contributed by atoms with Gasteiger partial charge < -0.3 is 15.1 Å². The van der Waals surface area contributed by atoms with E-state index in [0.717, 1.165) is 5.69 Å². The quantitative estimate of drug-likeness (QED) is 0.449. The van der Waals surface area contributed by atoms with Gasteiger partial charge in [0, 0.05) is 37.6 Å². The van der Waals surface area contributed by atoms with Gasteiger partial charge in [0.25, 0.3) is 18.3 Å². The molecule has 0 spiro atoms. The Labute approximate surface area is 158 Å². The van der Waals surface area contributed by atoms with E-state index in [9.17, 15) is 9.90 Å². The topological polar surface area (TPSA) is 176 Å². The van der Waals surface area contributed by atoms with Crippen LogP contribution in [-0.4, -0.2) is 86.6 Å². The summed E-state index contributed by atoms with van der Waals surface area (Å²) in [5.74, 6) is -0.0198. The predicted molar refractivity (Wildman–Crippen MR) is 91.1 cm³/mol. The van der Waals surface area contributed by atoms with Crippen LogP contribution in [0.3, 0.4) is 0 Å². The third-order valence-electron chi connectivity index (χ3n) is 4.11. The zero-order valence-electron chi connectivity index (χ0n) is 14.5. The van der Waals surface area contributed by atoms with Gasteiger partial charge in [0.2, 0.25) is 5.82 Å². The number of nitrogens with zero attached hydrogens (tertiary/aromatic N) is 8. The molecule has 146 valence electrons. The Morgan fingerprint density at radius 1 is 1.29 bits per heavy atom. The zero-order chi connectivity index (χ0) is 19.9. The number of H-pyrrole nitrogens is 1. The number of aliphatic hydroxyl groups is 1. The summed E-state index contributed by atoms with van der Waals surface area (Å²) in [6, 6.07) is 0. The van der Waals surface area contributed by atoms with E-state index >= 15 is 0 Å². The Balaban J connectivity index is 0.000000706. The van der Waals surface area contributed by atoms with Gasteiger partial charge in [0.1, 0.15) is 12.7 Å². The van der Waals surface area contributed by atoms with Crippen molar-refractivity contribution < 1.29 is 19.8 Å². The highest BCUT2D eigenvalue weighted by Gasteiger charge is 2.35. The van der Waals surface area contributed by atoms with E-state index in [4.69, 9.17) is 9.90 Å². The molecule has 3 N–H and O–H groups in total. The van der Waals surface area contributed by atoms with Crippen LogP contribution in [0.25, 0.3) is 5.95 Å². The highest BCUT2D eigenvalue weighted by Crippen LogP contribution is 2.21. The van der Waals surface area contributed by atoms with Gasteiger partial charge in [-0.25, -0.2) is 0 Å². The van der Waals surface area contributed by atoms with Crippen LogP contribution in [0.1, 0.15) is 16.3 Å². The fraction of sp³-hybridized carbons (Fsp3) is 0.333. The van der Waals surface area contributed by atoms with Crippen LogP contribution in [0.2, 0.25) is 0 Å². The maximum Gasteiger partial charge on any atom is 0.291 e. The molecular formula is C15H17N9O4. The zero-order valence-corrected chi connectivity index (χ0v) is 14.5. The number of carbonyl (C=O) groups excluding carboxylic acids is 1. The molecule has 2 atom stereocenters. The first-order chi connectivity index (χ1) is 13.6. The van der Waals surface area contributed by atoms with Crippen LogP contribution in [0.4, 0.5) is 0 Å². The Morgan fingerprint density at radius 2 is 2.04 bits per heavy atom. The Bertz CT molecular complexity index is 899. The van der Waals surface area contributed by atoms with Gasteiger partial charge in [0.05, 0.1) is 11.8 Å². The second-order valence-electron chi connectivity index (χ2n) is 5.90. The van der Waals surface area contributed by atoms with Crippen molar-refractivity contribution in [3.05, 3.63) is 42.8 Å². The molecule has 1 aliphatic rings. The molecule has 0 aromatic carbocycles. The number of aromatic nitrogens is 8. The summed E-state index contributed by atoms with van der Waals surface area (Å²) in [6.07, 6.45) is 7.69. The SMILES string of the molecule is O=C(c1nc(-n2cnnc2)n[nH]1)N1C[C@@H](Cc2cnccn2)[C@H](O)C1.O=CO. The van der Waals surface area contributed by atoms with Crippen molar-refractivity contribution in [2.75, 3.05) is 13.1 Å². The van der Waals surface area contributed by atoms with Gasteiger partial charge in [0.15, 0.2) is 0 Å². The van der Waals surface area contributed by atoms with Gasteiger partial charge in [-0.05, 0) is 6.42 Å². The minimum absolute atomic E-state index is 0.0964. The molecule has 0 unspecified atom stereocenters. The van der Waals surface area contributed by atoms with E-state index in [2.05, 4.69) is 35.3 Å².